The Labute approximate surface area is 167 Å². The molecule has 5 nitrogen and oxygen atoms in total. The van der Waals surface area contributed by atoms with E-state index in [1.165, 1.54) is 6.92 Å². The molecule has 1 saturated heterocycles. The minimum Gasteiger partial charge on any atom is -0.456 e. The van der Waals surface area contributed by atoms with Crippen molar-refractivity contribution in [3.63, 3.8) is 0 Å². The molecule has 0 amide bonds. The summed E-state index contributed by atoms with van der Waals surface area (Å²) >= 11 is 3.44. The van der Waals surface area contributed by atoms with Gasteiger partial charge in [0.1, 0.15) is 12.2 Å². The number of rotatable bonds is 7. The Kier molecular flexibility index (Phi) is 7.41. The van der Waals surface area contributed by atoms with Gasteiger partial charge in [-0.3, -0.25) is 4.79 Å². The molecule has 0 saturated carbocycles. The predicted molar refractivity (Wildman–Crippen MR) is 104 cm³/mol. The first-order valence-electron chi connectivity index (χ1n) is 8.87. The number of hydrogen-bond acceptors (Lipinski definition) is 5. The van der Waals surface area contributed by atoms with E-state index in [0.29, 0.717) is 19.8 Å². The van der Waals surface area contributed by atoms with Gasteiger partial charge in [-0.25, -0.2) is 0 Å². The minimum atomic E-state index is -0.597. The van der Waals surface area contributed by atoms with Crippen molar-refractivity contribution in [2.75, 3.05) is 6.61 Å². The lowest BCUT2D eigenvalue weighted by Crippen LogP contribution is -2.54. The molecule has 4 atom stereocenters. The summed E-state index contributed by atoms with van der Waals surface area (Å²) in [5.74, 6) is -0.384. The zero-order valence-corrected chi connectivity index (χ0v) is 16.7. The zero-order valence-electron chi connectivity index (χ0n) is 15.1. The predicted octanol–water partition coefficient (Wildman–Crippen LogP) is 3.84. The number of benzene rings is 2. The molecule has 144 valence electrons. The first-order valence-corrected chi connectivity index (χ1v) is 9.79. The third-order valence-electron chi connectivity index (χ3n) is 4.26. The van der Waals surface area contributed by atoms with Gasteiger partial charge >= 0.3 is 5.97 Å². The van der Waals surface area contributed by atoms with Gasteiger partial charge in [-0.1, -0.05) is 76.6 Å². The largest absolute Gasteiger partial charge is 0.456 e. The molecule has 1 fully saturated rings. The summed E-state index contributed by atoms with van der Waals surface area (Å²) in [7, 11) is 0. The van der Waals surface area contributed by atoms with Crippen LogP contribution in [0.4, 0.5) is 0 Å². The molecule has 6 heteroatoms. The summed E-state index contributed by atoms with van der Waals surface area (Å²) in [6.45, 7) is 2.55. The van der Waals surface area contributed by atoms with Crippen LogP contribution in [0.25, 0.3) is 0 Å². The summed E-state index contributed by atoms with van der Waals surface area (Å²) < 4.78 is 23.4. The molecule has 0 aliphatic carbocycles. The van der Waals surface area contributed by atoms with Crippen LogP contribution >= 0.6 is 15.9 Å². The molecule has 2 aromatic carbocycles. The highest BCUT2D eigenvalue weighted by molar-refractivity contribution is 9.09. The molecule has 1 aliphatic rings. The van der Waals surface area contributed by atoms with Gasteiger partial charge in [0.15, 0.2) is 11.1 Å². The topological polar surface area (TPSA) is 54.0 Å². The van der Waals surface area contributed by atoms with Gasteiger partial charge in [0, 0.05) is 6.92 Å². The number of hydrogen-bond donors (Lipinski definition) is 0. The van der Waals surface area contributed by atoms with Crippen molar-refractivity contribution in [3.8, 4) is 0 Å². The Balaban J connectivity index is 1.70. The quantitative estimate of drug-likeness (QED) is 0.489. The van der Waals surface area contributed by atoms with Gasteiger partial charge in [-0.15, -0.1) is 0 Å². The molecule has 0 spiro atoms. The van der Waals surface area contributed by atoms with Gasteiger partial charge < -0.3 is 18.9 Å². The standard InChI is InChI=1S/C21H23BrO5/c1-15(23)27-20-19(25-13-17-10-6-3-7-11-17)18(14-26-21(20)22)24-12-16-8-4-2-5-9-16/h2-11,18-21H,12-14H2,1H3/t18-,19+,20-,21?/m1/s1. The monoisotopic (exact) mass is 434 g/mol. The maximum atomic E-state index is 11.6. The van der Waals surface area contributed by atoms with Crippen LogP contribution in [0.15, 0.2) is 60.7 Å². The second kappa shape index (κ2) is 9.99. The first kappa shape index (κ1) is 20.0. The number of esters is 1. The van der Waals surface area contributed by atoms with E-state index in [4.69, 9.17) is 18.9 Å². The fourth-order valence-electron chi connectivity index (χ4n) is 2.94. The van der Waals surface area contributed by atoms with Crippen molar-refractivity contribution in [3.05, 3.63) is 71.8 Å². The molecule has 0 bridgehead atoms. The summed E-state index contributed by atoms with van der Waals surface area (Å²) in [5.41, 5.74) is 2.10. The molecule has 27 heavy (non-hydrogen) atoms. The lowest BCUT2D eigenvalue weighted by Gasteiger charge is -2.39. The maximum Gasteiger partial charge on any atom is 0.303 e. The van der Waals surface area contributed by atoms with Crippen LogP contribution in [-0.4, -0.2) is 35.9 Å². The van der Waals surface area contributed by atoms with E-state index in [2.05, 4.69) is 15.9 Å². The van der Waals surface area contributed by atoms with Crippen LogP contribution in [0.1, 0.15) is 18.1 Å². The van der Waals surface area contributed by atoms with E-state index in [1.807, 2.05) is 60.7 Å². The van der Waals surface area contributed by atoms with Crippen LogP contribution in [0.5, 0.6) is 0 Å². The van der Waals surface area contributed by atoms with Crippen LogP contribution in [-0.2, 0) is 37.0 Å². The fraction of sp³-hybridized carbons (Fsp3) is 0.381. The third kappa shape index (κ3) is 5.87. The second-order valence-electron chi connectivity index (χ2n) is 6.35. The van der Waals surface area contributed by atoms with Crippen molar-refractivity contribution in [2.45, 2.75) is 43.5 Å². The number of alkyl halides is 1. The summed E-state index contributed by atoms with van der Waals surface area (Å²) in [4.78, 5) is 11.6. The van der Waals surface area contributed by atoms with E-state index in [0.717, 1.165) is 11.1 Å². The van der Waals surface area contributed by atoms with E-state index < -0.39 is 17.2 Å². The highest BCUT2D eigenvalue weighted by Gasteiger charge is 2.43. The number of carbonyl (C=O) groups is 1. The summed E-state index contributed by atoms with van der Waals surface area (Å²) in [6, 6.07) is 19.8. The van der Waals surface area contributed by atoms with Gasteiger partial charge in [0.25, 0.3) is 0 Å². The Morgan fingerprint density at radius 1 is 0.963 bits per heavy atom. The van der Waals surface area contributed by atoms with Crippen molar-refractivity contribution in [2.24, 2.45) is 0 Å². The fourth-order valence-corrected chi connectivity index (χ4v) is 3.50. The van der Waals surface area contributed by atoms with Crippen molar-refractivity contribution >= 4 is 21.9 Å². The van der Waals surface area contributed by atoms with Gasteiger partial charge in [0.05, 0.1) is 19.8 Å². The van der Waals surface area contributed by atoms with Crippen LogP contribution in [0.3, 0.4) is 0 Å². The van der Waals surface area contributed by atoms with Gasteiger partial charge in [-0.05, 0) is 11.1 Å². The van der Waals surface area contributed by atoms with Crippen LogP contribution in [0.2, 0.25) is 0 Å². The molecular formula is C21H23BrO5. The van der Waals surface area contributed by atoms with E-state index >= 15 is 0 Å². The van der Waals surface area contributed by atoms with Gasteiger partial charge in [0.2, 0.25) is 0 Å². The van der Waals surface area contributed by atoms with E-state index in [1.54, 1.807) is 0 Å². The molecule has 1 aliphatic heterocycles. The normalized spacial score (nSPS) is 25.1. The van der Waals surface area contributed by atoms with Crippen molar-refractivity contribution < 1.29 is 23.7 Å². The Morgan fingerprint density at radius 3 is 2.07 bits per heavy atom. The third-order valence-corrected chi connectivity index (χ3v) is 5.05. The minimum absolute atomic E-state index is 0.347. The number of carbonyl (C=O) groups excluding carboxylic acids is 1. The second-order valence-corrected chi connectivity index (χ2v) is 7.26. The molecular weight excluding hydrogens is 412 g/mol. The van der Waals surface area contributed by atoms with E-state index in [9.17, 15) is 4.79 Å². The van der Waals surface area contributed by atoms with Crippen molar-refractivity contribution in [1.82, 2.24) is 0 Å². The molecule has 3 rings (SSSR count). The Bertz CT molecular complexity index is 709. The molecule has 0 radical (unpaired) electrons. The molecule has 2 aromatic rings. The lowest BCUT2D eigenvalue weighted by atomic mass is 10.1. The zero-order chi connectivity index (χ0) is 19.1. The molecule has 0 N–H and O–H groups in total. The lowest BCUT2D eigenvalue weighted by molar-refractivity contribution is -0.215. The summed E-state index contributed by atoms with van der Waals surface area (Å²) in [5, 5.41) is -0.446. The molecule has 1 heterocycles. The van der Waals surface area contributed by atoms with Crippen molar-refractivity contribution in [1.29, 1.82) is 0 Å². The molecule has 1 unspecified atom stereocenters. The summed E-state index contributed by atoms with van der Waals surface area (Å²) in [6.07, 6.45) is -1.40. The highest BCUT2D eigenvalue weighted by atomic mass is 79.9. The number of ether oxygens (including phenoxy) is 4. The Morgan fingerprint density at radius 2 is 1.52 bits per heavy atom. The number of halogens is 1. The van der Waals surface area contributed by atoms with Crippen LogP contribution < -0.4 is 0 Å². The average molecular weight is 435 g/mol. The molecule has 0 aromatic heterocycles. The van der Waals surface area contributed by atoms with E-state index in [-0.39, 0.29) is 12.1 Å². The smallest absolute Gasteiger partial charge is 0.303 e. The Hall–Kier alpha value is -1.73. The first-order chi connectivity index (χ1) is 13.1. The maximum absolute atomic E-state index is 11.6. The SMILES string of the molecule is CC(=O)O[C@H]1C(Br)OC[C@@H](OCc2ccccc2)[C@@H]1OCc1ccccc1. The highest BCUT2D eigenvalue weighted by Crippen LogP contribution is 2.28. The van der Waals surface area contributed by atoms with Crippen LogP contribution in [0, 0.1) is 0 Å². The van der Waals surface area contributed by atoms with Gasteiger partial charge in [-0.2, -0.15) is 0 Å². The average Bonchev–Trinajstić information content (AvgIpc) is 2.69.